The Hall–Kier alpha value is -1.09. The summed E-state index contributed by atoms with van der Waals surface area (Å²) in [4.78, 5) is 6.34. The van der Waals surface area contributed by atoms with E-state index in [9.17, 15) is 0 Å². The molecule has 0 spiro atoms. The molecule has 1 aromatic heterocycles. The minimum Gasteiger partial charge on any atom is -0.476 e. The van der Waals surface area contributed by atoms with Crippen LogP contribution in [0.25, 0.3) is 0 Å². The molecule has 0 unspecified atom stereocenters. The first-order chi connectivity index (χ1) is 7.09. The van der Waals surface area contributed by atoms with Gasteiger partial charge in [0.15, 0.2) is 0 Å². The number of likely N-dealkylation sites (N-methyl/N-ethyl adjacent to an activating group) is 1. The second kappa shape index (κ2) is 5.71. The molecule has 0 N–H and O–H groups in total. The van der Waals surface area contributed by atoms with E-state index in [-0.39, 0.29) is 0 Å². The Labute approximate surface area is 92.1 Å². The summed E-state index contributed by atoms with van der Waals surface area (Å²) in [5.41, 5.74) is 1.25. The van der Waals surface area contributed by atoms with Gasteiger partial charge in [0.05, 0.1) is 0 Å². The molecule has 1 heterocycles. The lowest BCUT2D eigenvalue weighted by Crippen LogP contribution is -2.19. The molecule has 1 rings (SSSR count). The van der Waals surface area contributed by atoms with Crippen LogP contribution in [0.15, 0.2) is 18.3 Å². The van der Waals surface area contributed by atoms with Crippen molar-refractivity contribution in [2.24, 2.45) is 0 Å². The Bertz CT molecular complexity index is 280. The number of aromatic nitrogens is 1. The molecule has 0 fully saturated rings. The zero-order valence-corrected chi connectivity index (χ0v) is 10.0. The molecule has 0 radical (unpaired) electrons. The molecule has 0 bridgehead atoms. The van der Waals surface area contributed by atoms with E-state index in [4.69, 9.17) is 4.74 Å². The predicted octanol–water partition coefficient (Wildman–Crippen LogP) is 2.15. The third-order valence-electron chi connectivity index (χ3n) is 2.21. The van der Waals surface area contributed by atoms with Gasteiger partial charge >= 0.3 is 0 Å². The molecule has 0 aliphatic rings. The SMILES string of the molecule is CC(C)c1ccc(OCCN(C)C)nc1. The van der Waals surface area contributed by atoms with Crippen LogP contribution in [0.5, 0.6) is 5.88 Å². The molecular formula is C12H20N2O. The molecule has 0 aromatic carbocycles. The standard InChI is InChI=1S/C12H20N2O/c1-10(2)11-5-6-12(13-9-11)15-8-7-14(3)4/h5-6,9-10H,7-8H2,1-4H3. The Morgan fingerprint density at radius 2 is 2.07 bits per heavy atom. The first kappa shape index (κ1) is 12.0. The van der Waals surface area contributed by atoms with Gasteiger partial charge in [-0.15, -0.1) is 0 Å². The molecule has 0 aliphatic carbocycles. The maximum absolute atomic E-state index is 5.50. The highest BCUT2D eigenvalue weighted by Gasteiger charge is 2.00. The summed E-state index contributed by atoms with van der Waals surface area (Å²) in [5.74, 6) is 1.23. The second-order valence-electron chi connectivity index (χ2n) is 4.24. The highest BCUT2D eigenvalue weighted by Crippen LogP contribution is 2.15. The van der Waals surface area contributed by atoms with Crippen LogP contribution in [0, 0.1) is 0 Å². The summed E-state index contributed by atoms with van der Waals surface area (Å²) >= 11 is 0. The third-order valence-corrected chi connectivity index (χ3v) is 2.21. The van der Waals surface area contributed by atoms with Crippen molar-refractivity contribution in [3.8, 4) is 5.88 Å². The van der Waals surface area contributed by atoms with Crippen molar-refractivity contribution in [1.82, 2.24) is 9.88 Å². The van der Waals surface area contributed by atoms with Gasteiger partial charge in [-0.05, 0) is 25.6 Å². The minimum absolute atomic E-state index is 0.522. The molecular weight excluding hydrogens is 188 g/mol. The van der Waals surface area contributed by atoms with Gasteiger partial charge in [0.1, 0.15) is 6.61 Å². The van der Waals surface area contributed by atoms with Crippen molar-refractivity contribution >= 4 is 0 Å². The average molecular weight is 208 g/mol. The zero-order chi connectivity index (χ0) is 11.3. The van der Waals surface area contributed by atoms with Gasteiger partial charge in [-0.2, -0.15) is 0 Å². The van der Waals surface area contributed by atoms with E-state index in [1.807, 2.05) is 26.4 Å². The summed E-state index contributed by atoms with van der Waals surface area (Å²) in [5, 5.41) is 0. The van der Waals surface area contributed by atoms with Crippen LogP contribution < -0.4 is 4.74 Å². The van der Waals surface area contributed by atoms with Gasteiger partial charge in [0, 0.05) is 18.8 Å². The molecule has 15 heavy (non-hydrogen) atoms. The Morgan fingerprint density at radius 3 is 2.53 bits per heavy atom. The summed E-state index contributed by atoms with van der Waals surface area (Å²) in [6.45, 7) is 5.90. The Balaban J connectivity index is 2.43. The van der Waals surface area contributed by atoms with Crippen molar-refractivity contribution in [3.63, 3.8) is 0 Å². The van der Waals surface area contributed by atoms with E-state index >= 15 is 0 Å². The lowest BCUT2D eigenvalue weighted by atomic mass is 10.1. The van der Waals surface area contributed by atoms with Gasteiger partial charge in [-0.3, -0.25) is 0 Å². The Morgan fingerprint density at radius 1 is 1.33 bits per heavy atom. The van der Waals surface area contributed by atoms with Crippen molar-refractivity contribution < 1.29 is 4.74 Å². The van der Waals surface area contributed by atoms with Crippen LogP contribution in [-0.4, -0.2) is 37.1 Å². The summed E-state index contributed by atoms with van der Waals surface area (Å²) < 4.78 is 5.50. The van der Waals surface area contributed by atoms with E-state index in [2.05, 4.69) is 29.8 Å². The third kappa shape index (κ3) is 4.30. The fraction of sp³-hybridized carbons (Fsp3) is 0.583. The molecule has 1 aromatic rings. The van der Waals surface area contributed by atoms with Crippen LogP contribution in [-0.2, 0) is 0 Å². The lowest BCUT2D eigenvalue weighted by Gasteiger charge is -2.11. The smallest absolute Gasteiger partial charge is 0.213 e. The van der Waals surface area contributed by atoms with E-state index in [0.29, 0.717) is 18.4 Å². The van der Waals surface area contributed by atoms with E-state index in [1.165, 1.54) is 5.56 Å². The van der Waals surface area contributed by atoms with E-state index < -0.39 is 0 Å². The van der Waals surface area contributed by atoms with Crippen molar-refractivity contribution in [3.05, 3.63) is 23.9 Å². The molecule has 0 saturated carbocycles. The van der Waals surface area contributed by atoms with Crippen LogP contribution in [0.2, 0.25) is 0 Å². The van der Waals surface area contributed by atoms with Gasteiger partial charge in [0.2, 0.25) is 5.88 Å². The van der Waals surface area contributed by atoms with Crippen LogP contribution in [0.4, 0.5) is 0 Å². The highest BCUT2D eigenvalue weighted by atomic mass is 16.5. The molecule has 0 amide bonds. The number of rotatable bonds is 5. The van der Waals surface area contributed by atoms with Crippen LogP contribution in [0.1, 0.15) is 25.3 Å². The predicted molar refractivity (Wildman–Crippen MR) is 62.4 cm³/mol. The topological polar surface area (TPSA) is 25.4 Å². The summed E-state index contributed by atoms with van der Waals surface area (Å²) in [6, 6.07) is 4.01. The maximum Gasteiger partial charge on any atom is 0.213 e. The monoisotopic (exact) mass is 208 g/mol. The molecule has 0 atom stereocenters. The van der Waals surface area contributed by atoms with Gasteiger partial charge in [0.25, 0.3) is 0 Å². The van der Waals surface area contributed by atoms with Gasteiger partial charge < -0.3 is 9.64 Å². The molecule has 3 heteroatoms. The lowest BCUT2D eigenvalue weighted by molar-refractivity contribution is 0.254. The maximum atomic E-state index is 5.50. The minimum atomic E-state index is 0.522. The van der Waals surface area contributed by atoms with Crippen molar-refractivity contribution in [2.45, 2.75) is 19.8 Å². The number of nitrogens with zero attached hydrogens (tertiary/aromatic N) is 2. The van der Waals surface area contributed by atoms with Crippen molar-refractivity contribution in [2.75, 3.05) is 27.2 Å². The molecule has 84 valence electrons. The molecule has 0 saturated heterocycles. The first-order valence-electron chi connectivity index (χ1n) is 5.33. The van der Waals surface area contributed by atoms with Crippen LogP contribution >= 0.6 is 0 Å². The average Bonchev–Trinajstić information content (AvgIpc) is 2.18. The summed E-state index contributed by atoms with van der Waals surface area (Å²) in [7, 11) is 4.05. The fourth-order valence-electron chi connectivity index (χ4n) is 1.15. The van der Waals surface area contributed by atoms with E-state index in [1.54, 1.807) is 0 Å². The van der Waals surface area contributed by atoms with Crippen LogP contribution in [0.3, 0.4) is 0 Å². The summed E-state index contributed by atoms with van der Waals surface area (Å²) in [6.07, 6.45) is 1.88. The largest absolute Gasteiger partial charge is 0.476 e. The fourth-order valence-corrected chi connectivity index (χ4v) is 1.15. The van der Waals surface area contributed by atoms with Crippen molar-refractivity contribution in [1.29, 1.82) is 0 Å². The van der Waals surface area contributed by atoms with Gasteiger partial charge in [-0.1, -0.05) is 19.9 Å². The quantitative estimate of drug-likeness (QED) is 0.741. The number of pyridine rings is 1. The number of hydrogen-bond donors (Lipinski definition) is 0. The molecule has 3 nitrogen and oxygen atoms in total. The van der Waals surface area contributed by atoms with Gasteiger partial charge in [-0.25, -0.2) is 4.98 Å². The zero-order valence-electron chi connectivity index (χ0n) is 10.0. The number of ether oxygens (including phenoxy) is 1. The number of hydrogen-bond acceptors (Lipinski definition) is 3. The van der Waals surface area contributed by atoms with E-state index in [0.717, 1.165) is 6.54 Å². The second-order valence-corrected chi connectivity index (χ2v) is 4.24. The first-order valence-corrected chi connectivity index (χ1v) is 5.33. The Kier molecular flexibility index (Phi) is 4.56. The highest BCUT2D eigenvalue weighted by molar-refractivity contribution is 5.20. The normalized spacial score (nSPS) is 11.1. The molecule has 0 aliphatic heterocycles.